The molecule has 6 rings (SSSR count). The number of carbonyl (C=O) groups is 3. The van der Waals surface area contributed by atoms with E-state index in [1.807, 2.05) is 67.6 Å². The number of fused-ring (bicyclic) bond motifs is 3. The first-order valence-corrected chi connectivity index (χ1v) is 14.3. The SMILES string of the molecule is CCCC(=O)Nc1ccc(C(=O)C[N+]23CCC(CC2)[C@@H](OC(=O)C(Nc2ccccc2)c2ccccc2)C3)cc1. The molecule has 3 fully saturated rings. The molecule has 2 atom stereocenters. The summed E-state index contributed by atoms with van der Waals surface area (Å²) in [4.78, 5) is 38.8. The van der Waals surface area contributed by atoms with Crippen molar-refractivity contribution >= 4 is 29.0 Å². The van der Waals surface area contributed by atoms with Gasteiger partial charge in [0.25, 0.3) is 0 Å². The van der Waals surface area contributed by atoms with Crippen molar-refractivity contribution in [3.63, 3.8) is 0 Å². The number of nitrogens with one attached hydrogen (secondary N) is 2. The lowest BCUT2D eigenvalue weighted by Crippen LogP contribution is -2.65. The fourth-order valence-electron chi connectivity index (χ4n) is 6.00. The monoisotopic (exact) mass is 540 g/mol. The maximum absolute atomic E-state index is 13.6. The number of nitrogens with zero attached hydrogens (tertiary/aromatic N) is 1. The Morgan fingerprint density at radius 1 is 0.875 bits per heavy atom. The smallest absolute Gasteiger partial charge is 0.333 e. The zero-order chi connectivity index (χ0) is 28.0. The molecule has 0 radical (unpaired) electrons. The number of Topliss-reactive ketones (excluding diaryl/α,β-unsaturated/α-hetero) is 1. The highest BCUT2D eigenvalue weighted by molar-refractivity contribution is 5.98. The molecule has 3 heterocycles. The quantitative estimate of drug-likeness (QED) is 0.188. The summed E-state index contributed by atoms with van der Waals surface area (Å²) < 4.78 is 6.87. The maximum atomic E-state index is 13.6. The molecule has 1 unspecified atom stereocenters. The van der Waals surface area contributed by atoms with Crippen LogP contribution in [0, 0.1) is 5.92 Å². The van der Waals surface area contributed by atoms with E-state index in [-0.39, 0.29) is 23.8 Å². The molecule has 3 aliphatic rings. The molecule has 3 aliphatic heterocycles. The first kappa shape index (κ1) is 27.6. The number of anilines is 2. The average molecular weight is 541 g/mol. The van der Waals surface area contributed by atoms with Crippen LogP contribution in [0.3, 0.4) is 0 Å². The van der Waals surface area contributed by atoms with Crippen LogP contribution in [0.4, 0.5) is 11.4 Å². The Morgan fingerprint density at radius 2 is 1.52 bits per heavy atom. The zero-order valence-corrected chi connectivity index (χ0v) is 23.1. The van der Waals surface area contributed by atoms with Gasteiger partial charge in [0.1, 0.15) is 13.1 Å². The van der Waals surface area contributed by atoms with Gasteiger partial charge < -0.3 is 19.9 Å². The molecule has 3 aromatic carbocycles. The minimum atomic E-state index is -0.620. The van der Waals surface area contributed by atoms with E-state index in [2.05, 4.69) is 10.6 Å². The van der Waals surface area contributed by atoms with E-state index in [0.29, 0.717) is 41.2 Å². The average Bonchev–Trinajstić information content (AvgIpc) is 2.97. The van der Waals surface area contributed by atoms with Gasteiger partial charge in [-0.15, -0.1) is 0 Å². The van der Waals surface area contributed by atoms with Gasteiger partial charge in [0.2, 0.25) is 11.7 Å². The lowest BCUT2D eigenvalue weighted by Gasteiger charge is -2.51. The van der Waals surface area contributed by atoms with Crippen LogP contribution in [0.2, 0.25) is 0 Å². The fraction of sp³-hybridized carbons (Fsp3) is 0.364. The first-order valence-electron chi connectivity index (χ1n) is 14.3. The Balaban J connectivity index is 1.25. The van der Waals surface area contributed by atoms with Gasteiger partial charge in [0, 0.05) is 42.1 Å². The summed E-state index contributed by atoms with van der Waals surface area (Å²) in [5.41, 5.74) is 3.04. The maximum Gasteiger partial charge on any atom is 0.333 e. The third kappa shape index (κ3) is 6.59. The summed E-state index contributed by atoms with van der Waals surface area (Å²) in [6.07, 6.45) is 2.92. The largest absolute Gasteiger partial charge is 0.454 e. The van der Waals surface area contributed by atoms with E-state index in [4.69, 9.17) is 4.74 Å². The minimum Gasteiger partial charge on any atom is -0.454 e. The number of ether oxygens (including phenoxy) is 1. The topological polar surface area (TPSA) is 84.5 Å². The number of amides is 1. The molecule has 7 heteroatoms. The predicted octanol–water partition coefficient (Wildman–Crippen LogP) is 5.61. The van der Waals surface area contributed by atoms with E-state index in [1.54, 1.807) is 24.3 Å². The second kappa shape index (κ2) is 12.5. The number of hydrogen-bond donors (Lipinski definition) is 2. The van der Waals surface area contributed by atoms with Gasteiger partial charge >= 0.3 is 5.97 Å². The van der Waals surface area contributed by atoms with Gasteiger partial charge in [-0.3, -0.25) is 9.59 Å². The van der Waals surface area contributed by atoms with Crippen molar-refractivity contribution in [2.45, 2.75) is 44.8 Å². The fourth-order valence-corrected chi connectivity index (χ4v) is 6.00. The van der Waals surface area contributed by atoms with Gasteiger partial charge in [-0.2, -0.15) is 0 Å². The number of carbonyl (C=O) groups excluding carboxylic acids is 3. The number of esters is 1. The van der Waals surface area contributed by atoms with E-state index >= 15 is 0 Å². The Bertz CT molecular complexity index is 1300. The summed E-state index contributed by atoms with van der Waals surface area (Å²) in [5.74, 6) is 0.0760. The molecule has 3 aromatic rings. The molecular weight excluding hydrogens is 502 g/mol. The molecule has 7 nitrogen and oxygen atoms in total. The normalized spacial score (nSPS) is 22.2. The van der Waals surface area contributed by atoms with Crippen LogP contribution in [0.25, 0.3) is 0 Å². The van der Waals surface area contributed by atoms with Crippen LogP contribution in [0.5, 0.6) is 0 Å². The highest BCUT2D eigenvalue weighted by Gasteiger charge is 2.49. The molecule has 1 amide bonds. The Hall–Kier alpha value is -3.97. The Labute approximate surface area is 236 Å². The Morgan fingerprint density at radius 3 is 2.17 bits per heavy atom. The summed E-state index contributed by atoms with van der Waals surface area (Å²) in [6, 6.07) is 25.9. The molecule has 40 heavy (non-hydrogen) atoms. The first-order chi connectivity index (χ1) is 19.4. The highest BCUT2D eigenvalue weighted by atomic mass is 16.5. The van der Waals surface area contributed by atoms with Gasteiger partial charge in [-0.05, 0) is 48.4 Å². The van der Waals surface area contributed by atoms with Crippen molar-refractivity contribution in [2.24, 2.45) is 5.92 Å². The van der Waals surface area contributed by atoms with Crippen molar-refractivity contribution in [1.29, 1.82) is 0 Å². The predicted molar refractivity (Wildman–Crippen MR) is 156 cm³/mol. The number of benzene rings is 3. The van der Waals surface area contributed by atoms with Crippen molar-refractivity contribution in [3.05, 3.63) is 96.1 Å². The molecule has 0 saturated carbocycles. The van der Waals surface area contributed by atoms with Crippen molar-refractivity contribution < 1.29 is 23.6 Å². The van der Waals surface area contributed by atoms with E-state index in [9.17, 15) is 14.4 Å². The van der Waals surface area contributed by atoms with Crippen molar-refractivity contribution in [3.8, 4) is 0 Å². The van der Waals surface area contributed by atoms with Crippen molar-refractivity contribution in [2.75, 3.05) is 36.8 Å². The van der Waals surface area contributed by atoms with E-state index in [1.165, 1.54) is 0 Å². The molecular formula is C33H38N3O4+. The second-order valence-corrected chi connectivity index (χ2v) is 11.1. The van der Waals surface area contributed by atoms with Crippen LogP contribution < -0.4 is 10.6 Å². The lowest BCUT2D eigenvalue weighted by atomic mass is 9.82. The number of hydrogen-bond acceptors (Lipinski definition) is 5. The third-order valence-electron chi connectivity index (χ3n) is 8.21. The van der Waals surface area contributed by atoms with E-state index < -0.39 is 6.04 Å². The molecule has 0 aromatic heterocycles. The molecule has 3 saturated heterocycles. The molecule has 2 bridgehead atoms. The standard InChI is InChI=1S/C33H37N3O4/c1-2-9-31(38)34-28-16-14-24(15-17-28)29(37)22-36-20-18-25(19-21-36)30(23-36)40-33(39)32(26-10-5-3-6-11-26)35-27-12-7-4-8-13-27/h3-8,10-17,25,30,32,35H,2,9,18-23H2,1H3/p+1/t25?,30-,32?,36?/m0/s1. The third-order valence-corrected chi connectivity index (χ3v) is 8.21. The van der Waals surface area contributed by atoms with Crippen molar-refractivity contribution in [1.82, 2.24) is 0 Å². The van der Waals surface area contributed by atoms with E-state index in [0.717, 1.165) is 43.6 Å². The second-order valence-electron chi connectivity index (χ2n) is 11.1. The molecule has 2 N–H and O–H groups in total. The van der Waals surface area contributed by atoms with Crippen LogP contribution in [0.15, 0.2) is 84.9 Å². The van der Waals surface area contributed by atoms with Gasteiger partial charge in [0.05, 0.1) is 13.1 Å². The number of ketones is 1. The minimum absolute atomic E-state index is 0.0230. The van der Waals surface area contributed by atoms with Gasteiger partial charge in [-0.25, -0.2) is 4.79 Å². The lowest BCUT2D eigenvalue weighted by molar-refractivity contribution is -0.938. The number of quaternary nitrogens is 1. The van der Waals surface area contributed by atoms with Crippen LogP contribution in [-0.2, 0) is 14.3 Å². The number of rotatable bonds is 11. The summed E-state index contributed by atoms with van der Waals surface area (Å²) in [6.45, 7) is 4.83. The summed E-state index contributed by atoms with van der Waals surface area (Å²) in [5, 5.41) is 6.22. The molecule has 0 aliphatic carbocycles. The molecule has 208 valence electrons. The summed E-state index contributed by atoms with van der Waals surface area (Å²) >= 11 is 0. The number of piperidine rings is 3. The highest BCUT2D eigenvalue weighted by Crippen LogP contribution is 2.37. The number of para-hydroxylation sites is 1. The van der Waals surface area contributed by atoms with Crippen LogP contribution in [0.1, 0.15) is 54.6 Å². The molecule has 0 spiro atoms. The summed E-state index contributed by atoms with van der Waals surface area (Å²) in [7, 11) is 0. The van der Waals surface area contributed by atoms with Crippen LogP contribution in [-0.4, -0.2) is 54.4 Å². The van der Waals surface area contributed by atoms with Gasteiger partial charge in [0.15, 0.2) is 12.1 Å². The Kier molecular flexibility index (Phi) is 8.60. The van der Waals surface area contributed by atoms with Gasteiger partial charge in [-0.1, -0.05) is 55.5 Å². The zero-order valence-electron chi connectivity index (χ0n) is 23.1. The van der Waals surface area contributed by atoms with Crippen LogP contribution >= 0.6 is 0 Å².